The van der Waals surface area contributed by atoms with Crippen LogP contribution in [-0.2, 0) is 20.7 Å². The Kier molecular flexibility index (Phi) is 7.59. The molecule has 0 radical (unpaired) electrons. The fourth-order valence-corrected chi connectivity index (χ4v) is 3.47. The number of fused-ring (bicyclic) bond motifs is 1. The standard InChI is InChI=1S/C23H23F2NO5/c1-29-20-13-15(9-11-19(20)31-23(24)25)10-12-22(28)30-14-21(27)26-18-8-4-6-16-5-2-3-7-17(16)18/h2-3,5,7,9-13,18,23H,4,6,8,14H2,1H3,(H,26,27)/b12-10+. The number of amides is 1. The van der Waals surface area contributed by atoms with E-state index in [9.17, 15) is 18.4 Å². The van der Waals surface area contributed by atoms with Gasteiger partial charge in [-0.2, -0.15) is 8.78 Å². The highest BCUT2D eigenvalue weighted by Gasteiger charge is 2.21. The third-order valence-corrected chi connectivity index (χ3v) is 4.87. The number of hydrogen-bond donors (Lipinski definition) is 1. The SMILES string of the molecule is COc1cc(/C=C/C(=O)OCC(=O)NC2CCCc3ccccc32)ccc1OC(F)F. The monoisotopic (exact) mass is 431 g/mol. The van der Waals surface area contributed by atoms with Crippen LogP contribution in [0.15, 0.2) is 48.5 Å². The van der Waals surface area contributed by atoms with E-state index in [4.69, 9.17) is 9.47 Å². The number of benzene rings is 2. The molecule has 1 unspecified atom stereocenters. The molecule has 8 heteroatoms. The first-order valence-electron chi connectivity index (χ1n) is 9.81. The summed E-state index contributed by atoms with van der Waals surface area (Å²) in [7, 11) is 1.32. The topological polar surface area (TPSA) is 73.9 Å². The van der Waals surface area contributed by atoms with E-state index in [1.807, 2.05) is 18.2 Å². The van der Waals surface area contributed by atoms with Gasteiger partial charge in [0.15, 0.2) is 18.1 Å². The van der Waals surface area contributed by atoms with Crippen molar-refractivity contribution < 1.29 is 32.6 Å². The Morgan fingerprint density at radius 1 is 1.19 bits per heavy atom. The minimum absolute atomic E-state index is 0.0897. The maximum absolute atomic E-state index is 12.4. The van der Waals surface area contributed by atoms with Gasteiger partial charge in [0.05, 0.1) is 13.2 Å². The molecule has 0 spiro atoms. The molecule has 0 fully saturated rings. The third kappa shape index (κ3) is 6.28. The Morgan fingerprint density at radius 2 is 2.00 bits per heavy atom. The van der Waals surface area contributed by atoms with Crippen LogP contribution in [0.4, 0.5) is 8.78 Å². The molecule has 2 aromatic carbocycles. The molecule has 3 rings (SSSR count). The van der Waals surface area contributed by atoms with Crippen LogP contribution in [0.2, 0.25) is 0 Å². The summed E-state index contributed by atoms with van der Waals surface area (Å²) >= 11 is 0. The summed E-state index contributed by atoms with van der Waals surface area (Å²) in [5, 5.41) is 2.91. The van der Waals surface area contributed by atoms with Gasteiger partial charge in [0.2, 0.25) is 0 Å². The lowest BCUT2D eigenvalue weighted by atomic mass is 9.88. The molecule has 2 aromatic rings. The largest absolute Gasteiger partial charge is 0.493 e. The fourth-order valence-electron chi connectivity index (χ4n) is 3.47. The summed E-state index contributed by atoms with van der Waals surface area (Å²) in [6, 6.07) is 12.1. The van der Waals surface area contributed by atoms with Crippen molar-refractivity contribution >= 4 is 18.0 Å². The van der Waals surface area contributed by atoms with E-state index in [1.165, 1.54) is 36.9 Å². The van der Waals surface area contributed by atoms with E-state index in [0.29, 0.717) is 5.56 Å². The highest BCUT2D eigenvalue weighted by Crippen LogP contribution is 2.30. The lowest BCUT2D eigenvalue weighted by Gasteiger charge is -2.26. The van der Waals surface area contributed by atoms with Crippen LogP contribution < -0.4 is 14.8 Å². The van der Waals surface area contributed by atoms with Crippen molar-refractivity contribution in [1.29, 1.82) is 0 Å². The van der Waals surface area contributed by atoms with E-state index in [1.54, 1.807) is 0 Å². The van der Waals surface area contributed by atoms with Gasteiger partial charge in [-0.1, -0.05) is 30.3 Å². The summed E-state index contributed by atoms with van der Waals surface area (Å²) in [5.41, 5.74) is 2.83. The number of carbonyl (C=O) groups excluding carboxylic acids is 2. The second kappa shape index (κ2) is 10.6. The lowest BCUT2D eigenvalue weighted by Crippen LogP contribution is -2.34. The van der Waals surface area contributed by atoms with Crippen molar-refractivity contribution in [3.8, 4) is 11.5 Å². The number of rotatable bonds is 8. The van der Waals surface area contributed by atoms with E-state index in [0.717, 1.165) is 30.9 Å². The molecule has 0 bridgehead atoms. The fraction of sp³-hybridized carbons (Fsp3) is 0.304. The Balaban J connectivity index is 1.51. The van der Waals surface area contributed by atoms with E-state index in [-0.39, 0.29) is 23.4 Å². The normalized spacial score (nSPS) is 15.4. The number of esters is 1. The summed E-state index contributed by atoms with van der Waals surface area (Å²) in [6.45, 7) is -3.37. The van der Waals surface area contributed by atoms with Crippen LogP contribution in [0, 0.1) is 0 Å². The van der Waals surface area contributed by atoms with Crippen molar-refractivity contribution in [2.45, 2.75) is 31.9 Å². The molecule has 1 amide bonds. The van der Waals surface area contributed by atoms with Crippen LogP contribution in [-0.4, -0.2) is 32.2 Å². The van der Waals surface area contributed by atoms with Crippen LogP contribution in [0.1, 0.15) is 35.6 Å². The zero-order valence-corrected chi connectivity index (χ0v) is 17.0. The van der Waals surface area contributed by atoms with Crippen LogP contribution in [0.25, 0.3) is 6.08 Å². The Bertz CT molecular complexity index is 961. The molecule has 0 saturated heterocycles. The highest BCUT2D eigenvalue weighted by atomic mass is 19.3. The predicted octanol–water partition coefficient (Wildman–Crippen LogP) is 4.05. The van der Waals surface area contributed by atoms with E-state index < -0.39 is 19.2 Å². The van der Waals surface area contributed by atoms with E-state index >= 15 is 0 Å². The first-order chi connectivity index (χ1) is 15.0. The molecule has 164 valence electrons. The predicted molar refractivity (Wildman–Crippen MR) is 110 cm³/mol. The van der Waals surface area contributed by atoms with Gasteiger partial charge in [0.25, 0.3) is 5.91 Å². The van der Waals surface area contributed by atoms with Crippen molar-refractivity contribution in [2.75, 3.05) is 13.7 Å². The van der Waals surface area contributed by atoms with Gasteiger partial charge in [0.1, 0.15) is 0 Å². The number of carbonyl (C=O) groups is 2. The summed E-state index contributed by atoms with van der Waals surface area (Å²) in [6.07, 6.45) is 5.37. The maximum atomic E-state index is 12.4. The molecule has 1 aliphatic carbocycles. The zero-order valence-electron chi connectivity index (χ0n) is 17.0. The van der Waals surface area contributed by atoms with Gasteiger partial charge >= 0.3 is 12.6 Å². The van der Waals surface area contributed by atoms with Gasteiger partial charge in [-0.05, 0) is 54.2 Å². The minimum Gasteiger partial charge on any atom is -0.493 e. The highest BCUT2D eigenvalue weighted by molar-refractivity contribution is 5.89. The van der Waals surface area contributed by atoms with Gasteiger partial charge in [-0.3, -0.25) is 4.79 Å². The quantitative estimate of drug-likeness (QED) is 0.504. The molecule has 6 nitrogen and oxygen atoms in total. The molecule has 1 atom stereocenters. The number of aryl methyl sites for hydroxylation is 1. The first-order valence-corrected chi connectivity index (χ1v) is 9.81. The van der Waals surface area contributed by atoms with Crippen LogP contribution in [0.3, 0.4) is 0 Å². The third-order valence-electron chi connectivity index (χ3n) is 4.87. The van der Waals surface area contributed by atoms with Crippen molar-refractivity contribution in [3.63, 3.8) is 0 Å². The molecule has 0 heterocycles. The Morgan fingerprint density at radius 3 is 2.77 bits per heavy atom. The number of nitrogens with one attached hydrogen (secondary N) is 1. The molecular formula is C23H23F2NO5. The molecule has 31 heavy (non-hydrogen) atoms. The summed E-state index contributed by atoms with van der Waals surface area (Å²) in [5.74, 6) is -1.09. The van der Waals surface area contributed by atoms with Gasteiger partial charge < -0.3 is 19.5 Å². The number of halogens is 2. The zero-order chi connectivity index (χ0) is 22.2. The van der Waals surface area contributed by atoms with Crippen LogP contribution in [0.5, 0.6) is 11.5 Å². The van der Waals surface area contributed by atoms with Crippen molar-refractivity contribution in [2.24, 2.45) is 0 Å². The second-order valence-corrected chi connectivity index (χ2v) is 6.94. The molecule has 1 N–H and O–H groups in total. The molecule has 1 aliphatic rings. The molecule has 0 aliphatic heterocycles. The van der Waals surface area contributed by atoms with Crippen molar-refractivity contribution in [3.05, 3.63) is 65.2 Å². The van der Waals surface area contributed by atoms with Crippen LogP contribution >= 0.6 is 0 Å². The van der Waals surface area contributed by atoms with Gasteiger partial charge in [-0.15, -0.1) is 0 Å². The molecular weight excluding hydrogens is 408 g/mol. The first kappa shape index (κ1) is 22.3. The minimum atomic E-state index is -2.97. The summed E-state index contributed by atoms with van der Waals surface area (Å²) < 4.78 is 39.1. The second-order valence-electron chi connectivity index (χ2n) is 6.94. The maximum Gasteiger partial charge on any atom is 0.387 e. The summed E-state index contributed by atoms with van der Waals surface area (Å²) in [4.78, 5) is 24.1. The van der Waals surface area contributed by atoms with Crippen molar-refractivity contribution in [1.82, 2.24) is 5.32 Å². The Hall–Kier alpha value is -3.42. The average Bonchev–Trinajstić information content (AvgIpc) is 2.77. The number of ether oxygens (including phenoxy) is 3. The van der Waals surface area contributed by atoms with E-state index in [2.05, 4.69) is 16.1 Å². The molecule has 0 saturated carbocycles. The Labute approximate surface area is 178 Å². The average molecular weight is 431 g/mol. The lowest BCUT2D eigenvalue weighted by molar-refractivity contribution is -0.144. The number of alkyl halides is 2. The number of hydrogen-bond acceptors (Lipinski definition) is 5. The molecule has 0 aromatic heterocycles. The van der Waals surface area contributed by atoms with Gasteiger partial charge in [-0.25, -0.2) is 4.79 Å². The van der Waals surface area contributed by atoms with Gasteiger partial charge in [0, 0.05) is 6.08 Å². The smallest absolute Gasteiger partial charge is 0.387 e. The number of methoxy groups -OCH3 is 1.